The Morgan fingerprint density at radius 3 is 2.60 bits per heavy atom. The molecular formula is C19H23ClN4O6. The molecule has 30 heavy (non-hydrogen) atoms. The highest BCUT2D eigenvalue weighted by Crippen LogP contribution is 2.30. The van der Waals surface area contributed by atoms with Crippen molar-refractivity contribution in [1.82, 2.24) is 15.5 Å². The van der Waals surface area contributed by atoms with E-state index in [9.17, 15) is 24.0 Å². The van der Waals surface area contributed by atoms with Crippen molar-refractivity contribution in [3.05, 3.63) is 29.3 Å². The van der Waals surface area contributed by atoms with Gasteiger partial charge in [0.2, 0.25) is 11.8 Å². The van der Waals surface area contributed by atoms with Gasteiger partial charge in [0.15, 0.2) is 6.61 Å². The minimum Gasteiger partial charge on any atom is -0.484 e. The molecule has 2 aliphatic rings. The Morgan fingerprint density at radius 2 is 1.90 bits per heavy atom. The fourth-order valence-corrected chi connectivity index (χ4v) is 3.24. The molecule has 3 rings (SSSR count). The maximum absolute atomic E-state index is 12.7. The molecule has 1 fully saturated rings. The van der Waals surface area contributed by atoms with Crippen LogP contribution in [0.5, 0.6) is 5.75 Å². The molecule has 2 heterocycles. The van der Waals surface area contributed by atoms with E-state index < -0.39 is 29.7 Å². The summed E-state index contributed by atoms with van der Waals surface area (Å²) < 4.78 is 5.41. The predicted octanol–water partition coefficient (Wildman–Crippen LogP) is -0.256. The van der Waals surface area contributed by atoms with Gasteiger partial charge in [0.25, 0.3) is 17.7 Å². The molecule has 0 aromatic heterocycles. The maximum Gasteiger partial charge on any atom is 0.262 e. The highest BCUT2D eigenvalue weighted by Gasteiger charge is 2.44. The molecule has 0 saturated carbocycles. The fourth-order valence-electron chi connectivity index (χ4n) is 3.24. The zero-order chi connectivity index (χ0) is 21.0. The van der Waals surface area contributed by atoms with E-state index in [2.05, 4.69) is 10.6 Å². The van der Waals surface area contributed by atoms with Crippen molar-refractivity contribution in [1.29, 1.82) is 0 Å². The second kappa shape index (κ2) is 10.2. The summed E-state index contributed by atoms with van der Waals surface area (Å²) >= 11 is 0. The van der Waals surface area contributed by atoms with Crippen molar-refractivity contribution < 1.29 is 28.7 Å². The third kappa shape index (κ3) is 4.95. The van der Waals surface area contributed by atoms with E-state index in [0.717, 1.165) is 17.7 Å². The van der Waals surface area contributed by atoms with E-state index in [1.807, 2.05) is 0 Å². The van der Waals surface area contributed by atoms with Crippen molar-refractivity contribution in [2.45, 2.75) is 31.7 Å². The number of amides is 5. The Balaban J connectivity index is 0.00000320. The molecule has 4 N–H and O–H groups in total. The summed E-state index contributed by atoms with van der Waals surface area (Å²) in [7, 11) is 0. The van der Waals surface area contributed by atoms with Gasteiger partial charge in [-0.25, -0.2) is 0 Å². The normalized spacial score (nSPS) is 17.9. The van der Waals surface area contributed by atoms with Crippen LogP contribution in [0.3, 0.4) is 0 Å². The van der Waals surface area contributed by atoms with Crippen LogP contribution in [0.25, 0.3) is 0 Å². The van der Waals surface area contributed by atoms with Gasteiger partial charge in [-0.3, -0.25) is 34.2 Å². The first-order valence-electron chi connectivity index (χ1n) is 9.37. The number of halogens is 1. The number of benzene rings is 1. The summed E-state index contributed by atoms with van der Waals surface area (Å²) in [6.45, 7) is 0.821. The molecule has 5 amide bonds. The number of unbranched alkanes of at least 4 members (excludes halogenated alkanes) is 1. The fraction of sp³-hybridized carbons (Fsp3) is 0.421. The van der Waals surface area contributed by atoms with Gasteiger partial charge >= 0.3 is 0 Å². The van der Waals surface area contributed by atoms with Gasteiger partial charge in [0, 0.05) is 13.0 Å². The van der Waals surface area contributed by atoms with E-state index in [1.165, 1.54) is 18.2 Å². The molecular weight excluding hydrogens is 416 g/mol. The van der Waals surface area contributed by atoms with E-state index >= 15 is 0 Å². The first-order chi connectivity index (χ1) is 13.9. The quantitative estimate of drug-likeness (QED) is 0.374. The lowest BCUT2D eigenvalue weighted by atomic mass is 10.0. The van der Waals surface area contributed by atoms with E-state index in [4.69, 9.17) is 10.5 Å². The third-order valence-corrected chi connectivity index (χ3v) is 4.73. The lowest BCUT2D eigenvalue weighted by molar-refractivity contribution is -0.136. The van der Waals surface area contributed by atoms with E-state index in [1.54, 1.807) is 0 Å². The number of piperidine rings is 1. The molecule has 0 bridgehead atoms. The zero-order valence-corrected chi connectivity index (χ0v) is 17.0. The maximum atomic E-state index is 12.7. The van der Waals surface area contributed by atoms with Gasteiger partial charge in [-0.1, -0.05) is 0 Å². The smallest absolute Gasteiger partial charge is 0.262 e. The average Bonchev–Trinajstić information content (AvgIpc) is 2.94. The van der Waals surface area contributed by atoms with Gasteiger partial charge in [0.1, 0.15) is 11.8 Å². The lowest BCUT2D eigenvalue weighted by Crippen LogP contribution is -2.54. The van der Waals surface area contributed by atoms with Gasteiger partial charge < -0.3 is 15.8 Å². The van der Waals surface area contributed by atoms with Gasteiger partial charge in [0.05, 0.1) is 11.1 Å². The molecule has 2 aliphatic heterocycles. The number of nitrogens with zero attached hydrogens (tertiary/aromatic N) is 1. The number of imide groups is 2. The monoisotopic (exact) mass is 438 g/mol. The van der Waals surface area contributed by atoms with Crippen LogP contribution >= 0.6 is 12.4 Å². The number of carbonyl (C=O) groups is 5. The van der Waals surface area contributed by atoms with Crippen molar-refractivity contribution >= 4 is 41.9 Å². The Kier molecular flexibility index (Phi) is 7.90. The van der Waals surface area contributed by atoms with Crippen molar-refractivity contribution in [3.63, 3.8) is 0 Å². The second-order valence-electron chi connectivity index (χ2n) is 6.79. The van der Waals surface area contributed by atoms with Crippen molar-refractivity contribution in [2.75, 3.05) is 19.7 Å². The number of rotatable bonds is 8. The zero-order valence-electron chi connectivity index (χ0n) is 16.1. The number of ether oxygens (including phenoxy) is 1. The minimum absolute atomic E-state index is 0. The number of hydrogen-bond donors (Lipinski definition) is 3. The minimum atomic E-state index is -1.02. The number of nitrogens with two attached hydrogens (primary N) is 1. The first-order valence-corrected chi connectivity index (χ1v) is 9.37. The Morgan fingerprint density at radius 1 is 1.17 bits per heavy atom. The molecule has 0 radical (unpaired) electrons. The largest absolute Gasteiger partial charge is 0.484 e. The predicted molar refractivity (Wildman–Crippen MR) is 107 cm³/mol. The van der Waals surface area contributed by atoms with Crippen LogP contribution in [0.2, 0.25) is 0 Å². The van der Waals surface area contributed by atoms with Gasteiger partial charge in [-0.05, 0) is 44.0 Å². The summed E-state index contributed by atoms with van der Waals surface area (Å²) in [5.74, 6) is -2.37. The number of nitrogens with one attached hydrogen (secondary N) is 2. The van der Waals surface area contributed by atoms with Crippen LogP contribution in [-0.2, 0) is 14.4 Å². The number of carbonyl (C=O) groups excluding carboxylic acids is 5. The van der Waals surface area contributed by atoms with Crippen molar-refractivity contribution in [3.8, 4) is 5.75 Å². The SMILES string of the molecule is Cl.NCCCCNC(=O)COc1ccc2c(c1)C(=O)N(C1CCC(=O)NC1=O)C2=O. The standard InChI is InChI=1S/C19H22N4O6.ClH/c20-7-1-2-8-21-16(25)10-29-11-3-4-12-13(9-11)19(28)23(18(12)27)14-5-6-15(24)22-17(14)26;/h3-4,9,14H,1-2,5-8,10,20H2,(H,21,25)(H,22,24,26);1H. The molecule has 10 nitrogen and oxygen atoms in total. The van der Waals surface area contributed by atoms with Gasteiger partial charge in [-0.2, -0.15) is 0 Å². The highest BCUT2D eigenvalue weighted by atomic mass is 35.5. The molecule has 11 heteroatoms. The van der Waals surface area contributed by atoms with E-state index in [0.29, 0.717) is 13.1 Å². The Bertz CT molecular complexity index is 875. The number of fused-ring (bicyclic) bond motifs is 1. The van der Waals surface area contributed by atoms with Crippen molar-refractivity contribution in [2.24, 2.45) is 5.73 Å². The molecule has 0 aliphatic carbocycles. The van der Waals surface area contributed by atoms with Crippen LogP contribution in [0.1, 0.15) is 46.4 Å². The van der Waals surface area contributed by atoms with E-state index in [-0.39, 0.29) is 54.6 Å². The third-order valence-electron chi connectivity index (χ3n) is 4.73. The number of hydrogen-bond acceptors (Lipinski definition) is 7. The van der Waals surface area contributed by atoms with Crippen LogP contribution in [0, 0.1) is 0 Å². The second-order valence-corrected chi connectivity index (χ2v) is 6.79. The van der Waals surface area contributed by atoms with Gasteiger partial charge in [-0.15, -0.1) is 12.4 Å². The first kappa shape index (κ1) is 23.3. The molecule has 1 saturated heterocycles. The molecule has 162 valence electrons. The Hall–Kier alpha value is -2.98. The summed E-state index contributed by atoms with van der Waals surface area (Å²) in [6.07, 6.45) is 1.72. The molecule has 1 aromatic carbocycles. The van der Waals surface area contributed by atoms with Crippen LogP contribution < -0.4 is 21.1 Å². The van der Waals surface area contributed by atoms with Crippen LogP contribution in [0.15, 0.2) is 18.2 Å². The lowest BCUT2D eigenvalue weighted by Gasteiger charge is -2.27. The van der Waals surface area contributed by atoms with Crippen LogP contribution in [0.4, 0.5) is 0 Å². The molecule has 1 unspecified atom stereocenters. The highest BCUT2D eigenvalue weighted by molar-refractivity contribution is 6.23. The Labute approximate surface area is 178 Å². The molecule has 1 aromatic rings. The summed E-state index contributed by atoms with van der Waals surface area (Å²) in [6, 6.07) is 3.27. The summed E-state index contributed by atoms with van der Waals surface area (Å²) in [5, 5.41) is 4.84. The summed E-state index contributed by atoms with van der Waals surface area (Å²) in [5.41, 5.74) is 5.64. The summed E-state index contributed by atoms with van der Waals surface area (Å²) in [4.78, 5) is 61.3. The topological polar surface area (TPSA) is 148 Å². The average molecular weight is 439 g/mol. The molecule has 0 spiro atoms. The molecule has 1 atom stereocenters. The van der Waals surface area contributed by atoms with Crippen LogP contribution in [-0.4, -0.2) is 60.2 Å².